The summed E-state index contributed by atoms with van der Waals surface area (Å²) < 4.78 is 5.21. The van der Waals surface area contributed by atoms with Crippen LogP contribution in [0.2, 0.25) is 0 Å². The van der Waals surface area contributed by atoms with Crippen molar-refractivity contribution in [3.63, 3.8) is 0 Å². The standard InChI is InChI=1S/C31H61N2/c1-4-7-10-13-16-18-20-23-26-31-32(27-24-21-15-12-9-6-3)29-30-33(31)28-25-22-19-17-14-11-8-5-2/h29-30H,4-28H2,1-3H3/q+1. The van der Waals surface area contributed by atoms with Crippen LogP contribution < -0.4 is 4.57 Å². The number of rotatable bonds is 25. The molecule has 0 saturated heterocycles. The van der Waals surface area contributed by atoms with Crippen molar-refractivity contribution in [3.05, 3.63) is 18.2 Å². The maximum absolute atomic E-state index is 2.61. The summed E-state index contributed by atoms with van der Waals surface area (Å²) in [6.07, 6.45) is 37.0. The van der Waals surface area contributed by atoms with Crippen LogP contribution in [0.25, 0.3) is 0 Å². The van der Waals surface area contributed by atoms with Crippen molar-refractivity contribution in [2.45, 2.75) is 182 Å². The van der Waals surface area contributed by atoms with Crippen molar-refractivity contribution >= 4 is 0 Å². The Morgan fingerprint density at radius 2 is 0.939 bits per heavy atom. The van der Waals surface area contributed by atoms with E-state index in [9.17, 15) is 0 Å². The van der Waals surface area contributed by atoms with Crippen molar-refractivity contribution in [1.82, 2.24) is 4.57 Å². The molecule has 1 aromatic rings. The normalized spacial score (nSPS) is 11.5. The Balaban J connectivity index is 2.38. The molecule has 0 unspecified atom stereocenters. The van der Waals surface area contributed by atoms with Gasteiger partial charge < -0.3 is 0 Å². The average molecular weight is 462 g/mol. The van der Waals surface area contributed by atoms with Gasteiger partial charge in [-0.05, 0) is 32.1 Å². The largest absolute Gasteiger partial charge is 0.256 e. The molecule has 0 N–H and O–H groups in total. The minimum atomic E-state index is 1.23. The molecule has 2 heteroatoms. The van der Waals surface area contributed by atoms with Gasteiger partial charge in [0, 0.05) is 6.42 Å². The third kappa shape index (κ3) is 16.5. The number of nitrogens with zero attached hydrogens (tertiary/aromatic N) is 2. The highest BCUT2D eigenvalue weighted by molar-refractivity contribution is 4.84. The van der Waals surface area contributed by atoms with Gasteiger partial charge in [-0.3, -0.25) is 0 Å². The lowest BCUT2D eigenvalue weighted by Crippen LogP contribution is -2.37. The number of imidazole rings is 1. The number of hydrogen-bond donors (Lipinski definition) is 0. The van der Waals surface area contributed by atoms with E-state index in [1.165, 1.54) is 161 Å². The molecule has 1 rings (SSSR count). The van der Waals surface area contributed by atoms with E-state index >= 15 is 0 Å². The Hall–Kier alpha value is -0.790. The minimum Gasteiger partial charge on any atom is -0.234 e. The molecule has 0 aromatic carbocycles. The summed E-state index contributed by atoms with van der Waals surface area (Å²) >= 11 is 0. The van der Waals surface area contributed by atoms with Gasteiger partial charge in [0.05, 0.1) is 13.1 Å². The second-order valence-corrected chi connectivity index (χ2v) is 10.6. The molecule has 0 aliphatic heterocycles. The molecule has 0 fully saturated rings. The smallest absolute Gasteiger partial charge is 0.234 e. The number of aromatic nitrogens is 2. The van der Waals surface area contributed by atoms with E-state index in [4.69, 9.17) is 0 Å². The number of aryl methyl sites for hydroxylation is 2. The Morgan fingerprint density at radius 1 is 0.515 bits per heavy atom. The first-order valence-corrected chi connectivity index (χ1v) is 15.4. The SMILES string of the molecule is CCCCCCCCCCc1n(CCCCCCCC)cc[n+]1CCCCCCCCCC. The van der Waals surface area contributed by atoms with Gasteiger partial charge in [0.15, 0.2) is 0 Å². The number of unbranched alkanes of at least 4 members (excludes halogenated alkanes) is 19. The summed E-state index contributed by atoms with van der Waals surface area (Å²) in [5.74, 6) is 1.61. The molecular formula is C31H61N2+. The highest BCUT2D eigenvalue weighted by atomic mass is 15.1. The molecule has 194 valence electrons. The van der Waals surface area contributed by atoms with Gasteiger partial charge in [0.2, 0.25) is 0 Å². The Morgan fingerprint density at radius 3 is 1.45 bits per heavy atom. The lowest BCUT2D eigenvalue weighted by molar-refractivity contribution is -0.704. The molecule has 0 atom stereocenters. The van der Waals surface area contributed by atoms with Crippen LogP contribution in [-0.4, -0.2) is 4.57 Å². The van der Waals surface area contributed by atoms with Crippen molar-refractivity contribution in [3.8, 4) is 0 Å². The van der Waals surface area contributed by atoms with Crippen LogP contribution in [0.4, 0.5) is 0 Å². The fourth-order valence-electron chi connectivity index (χ4n) is 5.09. The summed E-state index contributed by atoms with van der Waals surface area (Å²) in [7, 11) is 0. The molecule has 1 heterocycles. The van der Waals surface area contributed by atoms with Crippen molar-refractivity contribution < 1.29 is 4.57 Å². The van der Waals surface area contributed by atoms with Crippen LogP contribution in [0.1, 0.15) is 168 Å². The van der Waals surface area contributed by atoms with Gasteiger partial charge in [0.1, 0.15) is 12.4 Å². The zero-order valence-corrected chi connectivity index (χ0v) is 23.2. The first-order chi connectivity index (χ1) is 16.3. The predicted octanol–water partition coefficient (Wildman–Crippen LogP) is 9.96. The average Bonchev–Trinajstić information content (AvgIpc) is 3.21. The third-order valence-electron chi connectivity index (χ3n) is 7.35. The Labute approximate surface area is 208 Å². The summed E-state index contributed by atoms with van der Waals surface area (Å²) in [5, 5.41) is 0. The molecule has 0 bridgehead atoms. The summed E-state index contributed by atoms with van der Waals surface area (Å²) in [6, 6.07) is 0. The van der Waals surface area contributed by atoms with Gasteiger partial charge in [-0.1, -0.05) is 130 Å². The van der Waals surface area contributed by atoms with Crippen LogP contribution in [0.5, 0.6) is 0 Å². The highest BCUT2D eigenvalue weighted by Gasteiger charge is 2.16. The molecule has 0 radical (unpaired) electrons. The molecule has 0 aliphatic rings. The zero-order chi connectivity index (χ0) is 23.8. The van der Waals surface area contributed by atoms with E-state index in [0.29, 0.717) is 0 Å². The molecular weight excluding hydrogens is 400 g/mol. The van der Waals surface area contributed by atoms with Crippen LogP contribution in [0.3, 0.4) is 0 Å². The Bertz CT molecular complexity index is 519. The van der Waals surface area contributed by atoms with Gasteiger partial charge in [-0.25, -0.2) is 9.13 Å². The minimum absolute atomic E-state index is 1.23. The van der Waals surface area contributed by atoms with E-state index in [0.717, 1.165) is 0 Å². The second kappa shape index (κ2) is 23.0. The van der Waals surface area contributed by atoms with Crippen molar-refractivity contribution in [2.75, 3.05) is 0 Å². The first kappa shape index (κ1) is 30.2. The second-order valence-electron chi connectivity index (χ2n) is 10.6. The summed E-state index contributed by atoms with van der Waals surface area (Å²) in [5.41, 5.74) is 0. The maximum atomic E-state index is 2.61. The van der Waals surface area contributed by atoms with Gasteiger partial charge >= 0.3 is 0 Å². The third-order valence-corrected chi connectivity index (χ3v) is 7.35. The van der Waals surface area contributed by atoms with Gasteiger partial charge in [0.25, 0.3) is 5.82 Å². The Kier molecular flexibility index (Phi) is 21.1. The summed E-state index contributed by atoms with van der Waals surface area (Å²) in [4.78, 5) is 0. The van der Waals surface area contributed by atoms with E-state index < -0.39 is 0 Å². The predicted molar refractivity (Wildman–Crippen MR) is 147 cm³/mol. The molecule has 0 spiro atoms. The van der Waals surface area contributed by atoms with E-state index in [-0.39, 0.29) is 0 Å². The molecule has 0 aliphatic carbocycles. The molecule has 1 aromatic heterocycles. The van der Waals surface area contributed by atoms with Crippen LogP contribution >= 0.6 is 0 Å². The topological polar surface area (TPSA) is 8.81 Å². The van der Waals surface area contributed by atoms with Gasteiger partial charge in [-0.2, -0.15) is 0 Å². The molecule has 0 amide bonds. The zero-order valence-electron chi connectivity index (χ0n) is 23.2. The van der Waals surface area contributed by atoms with Crippen molar-refractivity contribution in [1.29, 1.82) is 0 Å². The van der Waals surface area contributed by atoms with Crippen molar-refractivity contribution in [2.24, 2.45) is 0 Å². The maximum Gasteiger partial charge on any atom is 0.256 e. The van der Waals surface area contributed by atoms with E-state index in [1.807, 2.05) is 0 Å². The molecule has 0 saturated carbocycles. The summed E-state index contributed by atoms with van der Waals surface area (Å²) in [6.45, 7) is 9.38. The molecule has 33 heavy (non-hydrogen) atoms. The van der Waals surface area contributed by atoms with Gasteiger partial charge in [-0.15, -0.1) is 0 Å². The monoisotopic (exact) mass is 461 g/mol. The lowest BCUT2D eigenvalue weighted by Gasteiger charge is -2.07. The van der Waals surface area contributed by atoms with Crippen LogP contribution in [-0.2, 0) is 19.5 Å². The lowest BCUT2D eigenvalue weighted by atomic mass is 10.1. The molecule has 2 nitrogen and oxygen atoms in total. The van der Waals surface area contributed by atoms with E-state index in [1.54, 1.807) is 5.82 Å². The highest BCUT2D eigenvalue weighted by Crippen LogP contribution is 2.13. The van der Waals surface area contributed by atoms with Crippen LogP contribution in [0.15, 0.2) is 12.4 Å². The fourth-order valence-corrected chi connectivity index (χ4v) is 5.09. The quantitative estimate of drug-likeness (QED) is 0.101. The van der Waals surface area contributed by atoms with E-state index in [2.05, 4.69) is 42.3 Å². The number of hydrogen-bond acceptors (Lipinski definition) is 0. The van der Waals surface area contributed by atoms with Crippen LogP contribution in [0, 0.1) is 0 Å². The fraction of sp³-hybridized carbons (Fsp3) is 0.903. The first-order valence-electron chi connectivity index (χ1n) is 15.4.